The predicted octanol–water partition coefficient (Wildman–Crippen LogP) is 6.79. The van der Waals surface area contributed by atoms with Gasteiger partial charge in [-0.05, 0) is 53.8 Å². The summed E-state index contributed by atoms with van der Waals surface area (Å²) in [5.41, 5.74) is 10.7. The second kappa shape index (κ2) is 19.0. The van der Waals surface area contributed by atoms with Crippen molar-refractivity contribution in [3.63, 3.8) is 0 Å². The Morgan fingerprint density at radius 3 is 2.22 bits per heavy atom. The molecule has 4 aromatic rings. The molecule has 1 aromatic heterocycles. The number of carbonyl (C=O) groups excluding carboxylic acids is 2. The average Bonchev–Trinajstić information content (AvgIpc) is 3.15. The number of anilines is 2. The van der Waals surface area contributed by atoms with Gasteiger partial charge in [0.15, 0.2) is 6.29 Å². The van der Waals surface area contributed by atoms with Crippen LogP contribution in [0, 0.1) is 0 Å². The van der Waals surface area contributed by atoms with Gasteiger partial charge in [0.25, 0.3) is 0 Å². The maximum atomic E-state index is 12.5. The zero-order valence-electron chi connectivity index (χ0n) is 28.3. The molecular formula is C39H44N4O7S. The van der Waals surface area contributed by atoms with Crippen LogP contribution < -0.4 is 16.4 Å². The highest BCUT2D eigenvalue weighted by Crippen LogP contribution is 2.39. The van der Waals surface area contributed by atoms with E-state index in [2.05, 4.69) is 15.6 Å². The first kappa shape index (κ1) is 37.5. The highest BCUT2D eigenvalue weighted by molar-refractivity contribution is 7.99. The third-order valence-corrected chi connectivity index (χ3v) is 9.69. The number of carboxylic acid groups (broad SMARTS) is 1. The fraction of sp³-hybridized carbons (Fsp3) is 0.333. The van der Waals surface area contributed by atoms with Gasteiger partial charge in [-0.15, -0.1) is 11.8 Å². The molecule has 3 atom stereocenters. The second-order valence-corrected chi connectivity index (χ2v) is 13.4. The Morgan fingerprint density at radius 1 is 0.824 bits per heavy atom. The van der Waals surface area contributed by atoms with Crippen LogP contribution in [0.25, 0.3) is 0 Å². The van der Waals surface area contributed by atoms with Gasteiger partial charge in [0, 0.05) is 43.3 Å². The van der Waals surface area contributed by atoms with E-state index in [9.17, 15) is 24.6 Å². The summed E-state index contributed by atoms with van der Waals surface area (Å²) >= 11 is 1.34. The molecule has 268 valence electrons. The summed E-state index contributed by atoms with van der Waals surface area (Å²) in [5, 5.41) is 25.3. The molecule has 1 saturated heterocycles. The van der Waals surface area contributed by atoms with Gasteiger partial charge in [-0.3, -0.25) is 9.59 Å². The Labute approximate surface area is 302 Å². The van der Waals surface area contributed by atoms with Gasteiger partial charge in [-0.1, -0.05) is 73.5 Å². The number of pyridine rings is 1. The predicted molar refractivity (Wildman–Crippen MR) is 196 cm³/mol. The lowest BCUT2D eigenvalue weighted by atomic mass is 10.0. The van der Waals surface area contributed by atoms with Crippen LogP contribution in [0.1, 0.15) is 90.0 Å². The van der Waals surface area contributed by atoms with E-state index in [1.54, 1.807) is 24.4 Å². The van der Waals surface area contributed by atoms with Gasteiger partial charge in [-0.25, -0.2) is 9.78 Å². The van der Waals surface area contributed by atoms with Gasteiger partial charge in [0.2, 0.25) is 11.8 Å². The smallest absolute Gasteiger partial charge is 0.338 e. The topological polar surface area (TPSA) is 173 Å². The Kier molecular flexibility index (Phi) is 14.0. The monoisotopic (exact) mass is 712 g/mol. The molecule has 11 nitrogen and oxygen atoms in total. The van der Waals surface area contributed by atoms with Crippen LogP contribution >= 0.6 is 11.8 Å². The number of thioether (sulfide) groups is 1. The maximum Gasteiger partial charge on any atom is 0.338 e. The van der Waals surface area contributed by atoms with Crippen molar-refractivity contribution in [2.75, 3.05) is 16.8 Å². The number of aromatic carboxylic acids is 1. The first-order valence-corrected chi connectivity index (χ1v) is 18.1. The summed E-state index contributed by atoms with van der Waals surface area (Å²) in [7, 11) is 0. The molecule has 2 amide bonds. The summed E-state index contributed by atoms with van der Waals surface area (Å²) in [6.07, 6.45) is 4.96. The van der Waals surface area contributed by atoms with Gasteiger partial charge in [0.1, 0.15) is 5.03 Å². The molecule has 2 heterocycles. The zero-order valence-corrected chi connectivity index (χ0v) is 29.1. The number of para-hydroxylation sites is 2. The minimum atomic E-state index is -1.03. The number of aromatic nitrogens is 1. The number of rotatable bonds is 17. The van der Waals surface area contributed by atoms with Crippen molar-refractivity contribution in [1.82, 2.24) is 10.3 Å². The molecule has 0 spiro atoms. The number of unbranched alkanes of at least 4 members (excludes halogenated alkanes) is 3. The quantitative estimate of drug-likeness (QED) is 0.0446. The van der Waals surface area contributed by atoms with Gasteiger partial charge < -0.3 is 36.1 Å². The largest absolute Gasteiger partial charge is 0.478 e. The number of aliphatic hydroxyl groups excluding tert-OH is 1. The number of nitrogens with zero attached hydrogens (tertiary/aromatic N) is 1. The number of carbonyl (C=O) groups is 3. The average molecular weight is 713 g/mol. The first-order valence-electron chi connectivity index (χ1n) is 17.1. The maximum absolute atomic E-state index is 12.5. The van der Waals surface area contributed by atoms with E-state index < -0.39 is 12.3 Å². The summed E-state index contributed by atoms with van der Waals surface area (Å²) in [5.74, 6) is -0.642. The lowest BCUT2D eigenvalue weighted by Gasteiger charge is -2.36. The summed E-state index contributed by atoms with van der Waals surface area (Å²) in [6, 6.07) is 25.7. The van der Waals surface area contributed by atoms with Crippen LogP contribution in [0.2, 0.25) is 0 Å². The normalized spacial score (nSPS) is 17.1. The highest BCUT2D eigenvalue weighted by atomic mass is 32.2. The van der Waals surface area contributed by atoms with Crippen molar-refractivity contribution in [2.45, 2.75) is 81.6 Å². The first-order chi connectivity index (χ1) is 24.8. The van der Waals surface area contributed by atoms with Gasteiger partial charge >= 0.3 is 5.97 Å². The van der Waals surface area contributed by atoms with E-state index in [1.807, 2.05) is 60.7 Å². The van der Waals surface area contributed by atoms with E-state index in [0.29, 0.717) is 48.0 Å². The molecular weight excluding hydrogens is 669 g/mol. The Hall–Kier alpha value is -4.75. The fourth-order valence-corrected chi connectivity index (χ4v) is 6.70. The Balaban J connectivity index is 1.08. The van der Waals surface area contributed by atoms with Crippen molar-refractivity contribution in [2.24, 2.45) is 0 Å². The number of benzene rings is 3. The Morgan fingerprint density at radius 2 is 1.51 bits per heavy atom. The van der Waals surface area contributed by atoms with Crippen molar-refractivity contribution < 1.29 is 34.1 Å². The lowest BCUT2D eigenvalue weighted by molar-refractivity contribution is -0.245. The number of amides is 2. The molecule has 0 radical (unpaired) electrons. The third-order valence-electron chi connectivity index (χ3n) is 8.56. The van der Waals surface area contributed by atoms with Crippen LogP contribution in [-0.4, -0.2) is 44.8 Å². The van der Waals surface area contributed by atoms with E-state index in [-0.39, 0.29) is 36.2 Å². The van der Waals surface area contributed by atoms with Crippen LogP contribution in [0.5, 0.6) is 0 Å². The third kappa shape index (κ3) is 11.4. The number of nitrogen functional groups attached to an aromatic ring is 1. The SMILES string of the molecule is Nc1ccccc1NC(=O)CCCCCCC(=O)NCc1ccc(C2OC(CSc3ncccc3C(=O)O)CC(c3ccc(CO)cc3)O2)cc1. The molecule has 0 saturated carbocycles. The molecule has 1 aliphatic rings. The molecule has 6 N–H and O–H groups in total. The fourth-order valence-electron chi connectivity index (χ4n) is 5.69. The lowest BCUT2D eigenvalue weighted by Crippen LogP contribution is -2.31. The minimum Gasteiger partial charge on any atom is -0.478 e. The summed E-state index contributed by atoms with van der Waals surface area (Å²) < 4.78 is 12.8. The van der Waals surface area contributed by atoms with Crippen LogP contribution in [0.4, 0.5) is 11.4 Å². The van der Waals surface area contributed by atoms with Crippen LogP contribution in [0.3, 0.4) is 0 Å². The number of nitrogens with one attached hydrogen (secondary N) is 2. The second-order valence-electron chi connectivity index (χ2n) is 12.4. The number of aliphatic hydroxyl groups is 1. The molecule has 12 heteroatoms. The van der Waals surface area contributed by atoms with E-state index in [0.717, 1.165) is 47.9 Å². The van der Waals surface area contributed by atoms with E-state index in [4.69, 9.17) is 15.2 Å². The number of ether oxygens (including phenoxy) is 2. The van der Waals surface area contributed by atoms with Crippen LogP contribution in [0.15, 0.2) is 96.2 Å². The molecule has 5 rings (SSSR count). The van der Waals surface area contributed by atoms with Gasteiger partial charge in [0.05, 0.1) is 35.8 Å². The minimum absolute atomic E-state index is 0.0234. The Bertz CT molecular complexity index is 1750. The number of carboxylic acids is 1. The molecule has 0 bridgehead atoms. The van der Waals surface area contributed by atoms with E-state index >= 15 is 0 Å². The molecule has 0 aliphatic carbocycles. The molecule has 51 heavy (non-hydrogen) atoms. The molecule has 3 unspecified atom stereocenters. The number of hydrogen-bond donors (Lipinski definition) is 5. The van der Waals surface area contributed by atoms with Crippen LogP contribution in [-0.2, 0) is 32.2 Å². The molecule has 1 fully saturated rings. The van der Waals surface area contributed by atoms with Crippen molar-refractivity contribution in [1.29, 1.82) is 0 Å². The summed E-state index contributed by atoms with van der Waals surface area (Å²) in [4.78, 5) is 40.6. The standard InChI is InChI=1S/C39H44N4O7S/c40-32-9-5-6-10-33(32)43-36(46)12-4-2-1-3-11-35(45)42-23-26-13-19-29(20-14-26)39-49-30(25-51-37-31(38(47)48)8-7-21-41-37)22-34(50-39)28-17-15-27(24-44)16-18-28/h5-10,13-21,30,34,39,44H,1-4,11-12,22-25,40H2,(H,42,45)(H,43,46)(H,47,48). The number of hydrogen-bond acceptors (Lipinski definition) is 9. The zero-order chi connectivity index (χ0) is 36.0. The van der Waals surface area contributed by atoms with Crippen molar-refractivity contribution in [3.05, 3.63) is 119 Å². The highest BCUT2D eigenvalue weighted by Gasteiger charge is 2.32. The number of nitrogens with two attached hydrogens (primary N) is 1. The molecule has 3 aromatic carbocycles. The van der Waals surface area contributed by atoms with Gasteiger partial charge in [-0.2, -0.15) is 0 Å². The van der Waals surface area contributed by atoms with E-state index in [1.165, 1.54) is 17.8 Å². The summed E-state index contributed by atoms with van der Waals surface area (Å²) in [6.45, 7) is 0.344. The van der Waals surface area contributed by atoms with Crippen molar-refractivity contribution in [3.8, 4) is 0 Å². The molecule has 1 aliphatic heterocycles. The van der Waals surface area contributed by atoms with Crippen molar-refractivity contribution >= 4 is 40.9 Å².